The summed E-state index contributed by atoms with van der Waals surface area (Å²) < 4.78 is 12.6. The zero-order valence-electron chi connectivity index (χ0n) is 20.9. The van der Waals surface area contributed by atoms with Gasteiger partial charge >= 0.3 is 0 Å². The molecule has 1 aromatic heterocycles. The number of nitrogens with zero attached hydrogens (tertiary/aromatic N) is 3. The Bertz CT molecular complexity index is 1220. The first-order valence-corrected chi connectivity index (χ1v) is 12.2. The summed E-state index contributed by atoms with van der Waals surface area (Å²) in [6, 6.07) is 13.9. The van der Waals surface area contributed by atoms with Crippen LogP contribution in [0.5, 0.6) is 0 Å². The summed E-state index contributed by atoms with van der Waals surface area (Å²) in [6.07, 6.45) is 5.12. The van der Waals surface area contributed by atoms with Crippen molar-refractivity contribution in [3.05, 3.63) is 78.0 Å². The van der Waals surface area contributed by atoms with E-state index in [-0.39, 0.29) is 12.6 Å². The summed E-state index contributed by atoms with van der Waals surface area (Å²) >= 11 is 0. The quantitative estimate of drug-likeness (QED) is 0.328. The molecule has 0 radical (unpaired) electrons. The van der Waals surface area contributed by atoms with E-state index in [1.54, 1.807) is 6.20 Å². The lowest BCUT2D eigenvalue weighted by molar-refractivity contribution is -0.111. The molecule has 188 valence electrons. The van der Waals surface area contributed by atoms with E-state index in [2.05, 4.69) is 62.5 Å². The van der Waals surface area contributed by atoms with Gasteiger partial charge in [0, 0.05) is 35.4 Å². The molecule has 7 nitrogen and oxygen atoms in total. The summed E-state index contributed by atoms with van der Waals surface area (Å²) in [7, 11) is 0. The molecule has 0 aliphatic carbocycles. The maximum atomic E-state index is 12.6. The number of rotatable bonds is 9. The summed E-state index contributed by atoms with van der Waals surface area (Å²) in [5.41, 5.74) is 5.77. The van der Waals surface area contributed by atoms with E-state index in [1.165, 1.54) is 11.6 Å². The smallest absolute Gasteiger partial charge is 0.247 e. The number of aromatic nitrogens is 2. The van der Waals surface area contributed by atoms with Gasteiger partial charge in [0.25, 0.3) is 0 Å². The molecule has 1 aliphatic rings. The lowest BCUT2D eigenvalue weighted by Crippen LogP contribution is -2.34. The molecule has 0 saturated carbocycles. The lowest BCUT2D eigenvalue weighted by atomic mass is 9.88. The molecule has 0 spiro atoms. The molecule has 0 atom stereocenters. The minimum atomic E-state index is -0.275. The maximum absolute atomic E-state index is 12.6. The molecule has 4 rings (SSSR count). The van der Waals surface area contributed by atoms with Crippen molar-refractivity contribution in [3.8, 4) is 0 Å². The topological polar surface area (TPSA) is 82.2 Å². The molecule has 36 heavy (non-hydrogen) atoms. The first-order valence-electron chi connectivity index (χ1n) is 12.2. The third-order valence-electron chi connectivity index (χ3n) is 6.51. The molecule has 2 aromatic carbocycles. The van der Waals surface area contributed by atoms with Gasteiger partial charge in [0.1, 0.15) is 12.5 Å². The molecule has 0 bridgehead atoms. The van der Waals surface area contributed by atoms with Gasteiger partial charge in [0.15, 0.2) is 0 Å². The second-order valence-corrected chi connectivity index (χ2v) is 9.13. The average molecular weight is 489 g/mol. The Kier molecular flexibility index (Phi) is 8.28. The number of nitrogens with one attached hydrogen (secondary N) is 3. The van der Waals surface area contributed by atoms with Crippen molar-refractivity contribution in [2.45, 2.75) is 32.6 Å². The molecule has 1 saturated heterocycles. The Morgan fingerprint density at radius 1 is 1.11 bits per heavy atom. The minimum Gasteiger partial charge on any atom is -0.340 e. The number of piperidine rings is 1. The fourth-order valence-corrected chi connectivity index (χ4v) is 4.44. The van der Waals surface area contributed by atoms with E-state index in [0.29, 0.717) is 29.9 Å². The number of carbonyl (C=O) groups is 1. The van der Waals surface area contributed by atoms with Crippen LogP contribution in [0.1, 0.15) is 35.4 Å². The summed E-state index contributed by atoms with van der Waals surface area (Å²) in [4.78, 5) is 22.9. The van der Waals surface area contributed by atoms with E-state index < -0.39 is 0 Å². The largest absolute Gasteiger partial charge is 0.340 e. The van der Waals surface area contributed by atoms with Gasteiger partial charge in [0.05, 0.1) is 0 Å². The van der Waals surface area contributed by atoms with Crippen LogP contribution in [0.2, 0.25) is 0 Å². The van der Waals surface area contributed by atoms with Crippen LogP contribution >= 0.6 is 0 Å². The van der Waals surface area contributed by atoms with Crippen LogP contribution in [-0.4, -0.2) is 47.1 Å². The van der Waals surface area contributed by atoms with Gasteiger partial charge in [-0.2, -0.15) is 4.98 Å². The average Bonchev–Trinajstić information content (AvgIpc) is 2.88. The molecule has 2 heterocycles. The zero-order chi connectivity index (χ0) is 25.5. The molecule has 3 aromatic rings. The number of anilines is 5. The van der Waals surface area contributed by atoms with Crippen LogP contribution in [-0.2, 0) is 4.79 Å². The molecule has 0 unspecified atom stereocenters. The number of benzene rings is 2. The monoisotopic (exact) mass is 488 g/mol. The van der Waals surface area contributed by atoms with Gasteiger partial charge in [-0.3, -0.25) is 4.79 Å². The number of alkyl halides is 1. The number of amides is 1. The molecule has 1 fully saturated rings. The minimum absolute atomic E-state index is 0.263. The highest BCUT2D eigenvalue weighted by atomic mass is 19.1. The first kappa shape index (κ1) is 25.3. The van der Waals surface area contributed by atoms with Gasteiger partial charge in [-0.05, 0) is 87.2 Å². The van der Waals surface area contributed by atoms with E-state index in [9.17, 15) is 9.18 Å². The molecular formula is C28H33FN6O. The second kappa shape index (κ2) is 11.8. The van der Waals surface area contributed by atoms with Gasteiger partial charge in [0.2, 0.25) is 11.9 Å². The number of halogens is 1. The summed E-state index contributed by atoms with van der Waals surface area (Å²) in [5.74, 6) is 1.41. The Balaban J connectivity index is 1.44. The van der Waals surface area contributed by atoms with Crippen molar-refractivity contribution in [1.29, 1.82) is 0 Å². The Hall–Kier alpha value is -3.78. The molecular weight excluding hydrogens is 455 g/mol. The SMILES string of the molecule is C=CC(=O)Nc1cccc(Nc2nc(Nc3ccc(C4CCN(CCF)CC4)cc3C)ncc2C)c1. The fourth-order valence-electron chi connectivity index (χ4n) is 4.44. The van der Waals surface area contributed by atoms with Crippen LogP contribution in [0.4, 0.5) is 33.2 Å². The van der Waals surface area contributed by atoms with Crippen LogP contribution in [0, 0.1) is 13.8 Å². The molecule has 3 N–H and O–H groups in total. The van der Waals surface area contributed by atoms with Crippen molar-refractivity contribution < 1.29 is 9.18 Å². The molecule has 1 aliphatic heterocycles. The highest BCUT2D eigenvalue weighted by Crippen LogP contribution is 2.31. The number of hydrogen-bond acceptors (Lipinski definition) is 6. The van der Waals surface area contributed by atoms with Crippen molar-refractivity contribution in [3.63, 3.8) is 0 Å². The Morgan fingerprint density at radius 2 is 1.89 bits per heavy atom. The highest BCUT2D eigenvalue weighted by molar-refractivity contribution is 5.99. The van der Waals surface area contributed by atoms with Crippen molar-refractivity contribution in [1.82, 2.24) is 14.9 Å². The second-order valence-electron chi connectivity index (χ2n) is 9.13. The van der Waals surface area contributed by atoms with Gasteiger partial charge in [-0.1, -0.05) is 24.8 Å². The predicted molar refractivity (Wildman–Crippen MR) is 144 cm³/mol. The van der Waals surface area contributed by atoms with E-state index in [0.717, 1.165) is 48.4 Å². The van der Waals surface area contributed by atoms with Crippen LogP contribution in [0.25, 0.3) is 0 Å². The Labute approximate surface area is 211 Å². The number of carbonyl (C=O) groups excluding carboxylic acids is 1. The van der Waals surface area contributed by atoms with Crippen molar-refractivity contribution in [2.75, 3.05) is 42.3 Å². The van der Waals surface area contributed by atoms with Crippen molar-refractivity contribution in [2.24, 2.45) is 0 Å². The first-order chi connectivity index (χ1) is 17.4. The number of likely N-dealkylation sites (tertiary alicyclic amines) is 1. The molecule has 8 heteroatoms. The van der Waals surface area contributed by atoms with E-state index in [4.69, 9.17) is 0 Å². The molecule has 1 amide bonds. The maximum Gasteiger partial charge on any atom is 0.247 e. The predicted octanol–water partition coefficient (Wildman–Crippen LogP) is 5.85. The van der Waals surface area contributed by atoms with E-state index in [1.807, 2.05) is 31.2 Å². The third kappa shape index (κ3) is 6.46. The van der Waals surface area contributed by atoms with Crippen LogP contribution in [0.3, 0.4) is 0 Å². The van der Waals surface area contributed by atoms with E-state index >= 15 is 0 Å². The summed E-state index contributed by atoms with van der Waals surface area (Å²) in [5, 5.41) is 9.42. The summed E-state index contributed by atoms with van der Waals surface area (Å²) in [6.45, 7) is 9.67. The normalized spacial score (nSPS) is 14.3. The van der Waals surface area contributed by atoms with Crippen LogP contribution < -0.4 is 16.0 Å². The van der Waals surface area contributed by atoms with Crippen LogP contribution in [0.15, 0.2) is 61.3 Å². The third-order valence-corrected chi connectivity index (χ3v) is 6.51. The standard InChI is InChI=1S/C28H33FN6O/c1-4-26(36)31-23-6-5-7-24(17-23)32-27-20(3)18-30-28(34-27)33-25-9-8-22(16-19(25)2)21-10-13-35(14-11-21)15-12-29/h4-9,16-18,21H,1,10-15H2,2-3H3,(H,31,36)(H2,30,32,33,34). The van der Waals surface area contributed by atoms with Gasteiger partial charge in [-0.25, -0.2) is 9.37 Å². The number of aryl methyl sites for hydroxylation is 2. The van der Waals surface area contributed by atoms with Gasteiger partial charge in [-0.15, -0.1) is 0 Å². The zero-order valence-corrected chi connectivity index (χ0v) is 20.9. The fraction of sp³-hybridized carbons (Fsp3) is 0.321. The highest BCUT2D eigenvalue weighted by Gasteiger charge is 2.21. The van der Waals surface area contributed by atoms with Crippen molar-refractivity contribution >= 4 is 34.7 Å². The number of hydrogen-bond donors (Lipinski definition) is 3. The Morgan fingerprint density at radius 3 is 2.61 bits per heavy atom. The van der Waals surface area contributed by atoms with Gasteiger partial charge < -0.3 is 20.9 Å². The lowest BCUT2D eigenvalue weighted by Gasteiger charge is -2.31.